The highest BCUT2D eigenvalue weighted by Crippen LogP contribution is 2.15. The molecule has 0 amide bonds. The highest BCUT2D eigenvalue weighted by atomic mass is 16.6. The number of carbonyl (C=O) groups is 2. The predicted octanol–water partition coefficient (Wildman–Crippen LogP) is 20.7. The Labute approximate surface area is 424 Å². The lowest BCUT2D eigenvalue weighted by Gasteiger charge is -2.18. The lowest BCUT2D eigenvalue weighted by molar-refractivity contribution is -0.163. The van der Waals surface area contributed by atoms with Crippen molar-refractivity contribution in [2.75, 3.05) is 19.8 Å². The van der Waals surface area contributed by atoms with Crippen molar-refractivity contribution in [3.8, 4) is 0 Å². The average Bonchev–Trinajstić information content (AvgIpc) is 3.34. The van der Waals surface area contributed by atoms with Crippen molar-refractivity contribution in [2.24, 2.45) is 0 Å². The Bertz CT molecular complexity index is 1120. The van der Waals surface area contributed by atoms with Gasteiger partial charge in [0.1, 0.15) is 6.61 Å². The van der Waals surface area contributed by atoms with E-state index < -0.39 is 6.10 Å². The topological polar surface area (TPSA) is 61.8 Å². The summed E-state index contributed by atoms with van der Waals surface area (Å²) in [5.74, 6) is -0.397. The summed E-state index contributed by atoms with van der Waals surface area (Å²) in [4.78, 5) is 25.6. The van der Waals surface area contributed by atoms with Crippen LogP contribution in [0.3, 0.4) is 0 Å². The number of allylic oxidation sites excluding steroid dienone is 8. The van der Waals surface area contributed by atoms with Crippen LogP contribution in [0, 0.1) is 0 Å². The van der Waals surface area contributed by atoms with E-state index >= 15 is 0 Å². The monoisotopic (exact) mass is 953 g/mol. The van der Waals surface area contributed by atoms with Crippen molar-refractivity contribution in [3.63, 3.8) is 0 Å². The van der Waals surface area contributed by atoms with Crippen LogP contribution in [-0.4, -0.2) is 37.9 Å². The van der Waals surface area contributed by atoms with E-state index in [9.17, 15) is 9.59 Å². The molecule has 0 saturated carbocycles. The Balaban J connectivity index is 4.27. The third kappa shape index (κ3) is 56.4. The Morgan fingerprint density at radius 1 is 0.324 bits per heavy atom. The van der Waals surface area contributed by atoms with E-state index in [0.717, 1.165) is 57.8 Å². The minimum absolute atomic E-state index is 0.0808. The van der Waals surface area contributed by atoms with Gasteiger partial charge in [0.2, 0.25) is 0 Å². The van der Waals surface area contributed by atoms with Gasteiger partial charge in [-0.3, -0.25) is 9.59 Å². The summed E-state index contributed by atoms with van der Waals surface area (Å²) in [5.41, 5.74) is 0. The van der Waals surface area contributed by atoms with E-state index in [0.29, 0.717) is 19.4 Å². The standard InChI is InChI=1S/C63H116O5/c1-4-7-10-13-16-19-22-25-28-31-34-37-40-43-46-49-52-55-58-66-59-61(68-63(65)57-54-51-48-45-42-39-36-33-30-27-24-21-18-15-12-9-6-3)60-67-62(64)56-53-50-47-44-41-38-35-32-29-26-23-20-17-14-11-8-5-2/h17,20,25-30,61H,4-16,18-19,21-24,31-60H2,1-3H3/b20-17-,28-25-,29-26-,30-27-. The molecule has 1 atom stereocenters. The van der Waals surface area contributed by atoms with Crippen molar-refractivity contribution in [2.45, 2.75) is 322 Å². The number of carbonyl (C=O) groups excluding carboxylic acids is 2. The molecule has 0 aromatic carbocycles. The van der Waals surface area contributed by atoms with Gasteiger partial charge in [-0.05, 0) is 103 Å². The van der Waals surface area contributed by atoms with Crippen molar-refractivity contribution in [3.05, 3.63) is 48.6 Å². The molecule has 0 fully saturated rings. The highest BCUT2D eigenvalue weighted by Gasteiger charge is 2.17. The van der Waals surface area contributed by atoms with Crippen LogP contribution in [0.1, 0.15) is 316 Å². The first-order valence-corrected chi connectivity index (χ1v) is 30.2. The number of hydrogen-bond acceptors (Lipinski definition) is 5. The molecule has 0 aliphatic rings. The molecule has 0 radical (unpaired) electrons. The molecule has 0 bridgehead atoms. The van der Waals surface area contributed by atoms with Crippen LogP contribution in [0.5, 0.6) is 0 Å². The van der Waals surface area contributed by atoms with Gasteiger partial charge in [0.25, 0.3) is 0 Å². The number of unbranched alkanes of at least 4 members (excludes halogenated alkanes) is 37. The van der Waals surface area contributed by atoms with E-state index in [2.05, 4.69) is 69.4 Å². The zero-order chi connectivity index (χ0) is 49.2. The Kier molecular flexibility index (Phi) is 57.3. The maximum Gasteiger partial charge on any atom is 0.306 e. The van der Waals surface area contributed by atoms with Crippen LogP contribution in [-0.2, 0) is 23.8 Å². The van der Waals surface area contributed by atoms with E-state index in [-0.39, 0.29) is 25.2 Å². The second-order valence-corrected chi connectivity index (χ2v) is 20.2. The SMILES string of the molecule is CCCCC/C=C\C/C=C\CCCCCCCCCC(=O)OCC(COCCCCCCCCCC/C=C\CCCCCCCC)OC(=O)CCCCCCCCC/C=C\CCCCCCCC. The quantitative estimate of drug-likeness (QED) is 0.0345. The third-order valence-electron chi connectivity index (χ3n) is 13.3. The van der Waals surface area contributed by atoms with Crippen LogP contribution >= 0.6 is 0 Å². The van der Waals surface area contributed by atoms with Gasteiger partial charge in [-0.25, -0.2) is 0 Å². The van der Waals surface area contributed by atoms with Crippen molar-refractivity contribution in [1.82, 2.24) is 0 Å². The maximum atomic E-state index is 12.9. The van der Waals surface area contributed by atoms with Gasteiger partial charge >= 0.3 is 11.9 Å². The fraction of sp³-hybridized carbons (Fsp3) is 0.841. The second kappa shape index (κ2) is 59.2. The van der Waals surface area contributed by atoms with E-state index in [1.165, 1.54) is 225 Å². The van der Waals surface area contributed by atoms with E-state index in [1.54, 1.807) is 0 Å². The minimum Gasteiger partial charge on any atom is -0.462 e. The van der Waals surface area contributed by atoms with Gasteiger partial charge in [0.05, 0.1) is 6.61 Å². The van der Waals surface area contributed by atoms with Gasteiger partial charge in [0, 0.05) is 19.4 Å². The highest BCUT2D eigenvalue weighted by molar-refractivity contribution is 5.70. The fourth-order valence-corrected chi connectivity index (χ4v) is 8.77. The molecule has 0 aliphatic heterocycles. The van der Waals surface area contributed by atoms with Gasteiger partial charge in [-0.15, -0.1) is 0 Å². The van der Waals surface area contributed by atoms with Crippen LogP contribution in [0.2, 0.25) is 0 Å². The smallest absolute Gasteiger partial charge is 0.306 e. The average molecular weight is 954 g/mol. The summed E-state index contributed by atoms with van der Waals surface area (Å²) in [6.45, 7) is 7.83. The van der Waals surface area contributed by atoms with Gasteiger partial charge in [-0.2, -0.15) is 0 Å². The number of ether oxygens (including phenoxy) is 3. The largest absolute Gasteiger partial charge is 0.462 e. The summed E-state index contributed by atoms with van der Waals surface area (Å²) in [6, 6.07) is 0. The zero-order valence-electron chi connectivity index (χ0n) is 45.9. The molecule has 1 unspecified atom stereocenters. The Hall–Kier alpha value is -2.14. The molecule has 5 nitrogen and oxygen atoms in total. The summed E-state index contributed by atoms with van der Waals surface area (Å²) in [5, 5.41) is 0. The van der Waals surface area contributed by atoms with Crippen molar-refractivity contribution >= 4 is 11.9 Å². The fourth-order valence-electron chi connectivity index (χ4n) is 8.77. The number of hydrogen-bond donors (Lipinski definition) is 0. The van der Waals surface area contributed by atoms with Crippen LogP contribution in [0.15, 0.2) is 48.6 Å². The lowest BCUT2D eigenvalue weighted by atomic mass is 10.1. The summed E-state index contributed by atoms with van der Waals surface area (Å²) in [6.07, 6.45) is 74.2. The molecule has 0 aliphatic carbocycles. The molecule has 0 aromatic heterocycles. The molecule has 0 saturated heterocycles. The van der Waals surface area contributed by atoms with E-state index in [1.807, 2.05) is 0 Å². The van der Waals surface area contributed by atoms with Crippen molar-refractivity contribution < 1.29 is 23.8 Å². The van der Waals surface area contributed by atoms with Crippen LogP contribution < -0.4 is 0 Å². The molecular weight excluding hydrogens is 837 g/mol. The molecule has 68 heavy (non-hydrogen) atoms. The first-order chi connectivity index (χ1) is 33.6. The van der Waals surface area contributed by atoms with Crippen LogP contribution in [0.4, 0.5) is 0 Å². The number of rotatable bonds is 56. The maximum absolute atomic E-state index is 12.9. The zero-order valence-corrected chi connectivity index (χ0v) is 45.9. The summed E-state index contributed by atoms with van der Waals surface area (Å²) < 4.78 is 17.5. The normalized spacial score (nSPS) is 12.5. The molecule has 0 heterocycles. The van der Waals surface area contributed by atoms with Gasteiger partial charge in [0.15, 0.2) is 6.10 Å². The Morgan fingerprint density at radius 3 is 1.01 bits per heavy atom. The van der Waals surface area contributed by atoms with Gasteiger partial charge < -0.3 is 14.2 Å². The molecule has 0 aromatic rings. The predicted molar refractivity (Wildman–Crippen MR) is 298 cm³/mol. The third-order valence-corrected chi connectivity index (χ3v) is 13.3. The second-order valence-electron chi connectivity index (χ2n) is 20.2. The van der Waals surface area contributed by atoms with Gasteiger partial charge in [-0.1, -0.05) is 249 Å². The van der Waals surface area contributed by atoms with E-state index in [4.69, 9.17) is 14.2 Å². The molecule has 398 valence electrons. The molecule has 0 rings (SSSR count). The Morgan fingerprint density at radius 2 is 0.618 bits per heavy atom. The lowest BCUT2D eigenvalue weighted by Crippen LogP contribution is -2.30. The molecular formula is C63H116O5. The summed E-state index contributed by atoms with van der Waals surface area (Å²) >= 11 is 0. The first-order valence-electron chi connectivity index (χ1n) is 30.2. The first kappa shape index (κ1) is 65.9. The molecule has 5 heteroatoms. The molecule has 0 spiro atoms. The summed E-state index contributed by atoms with van der Waals surface area (Å²) in [7, 11) is 0. The minimum atomic E-state index is -0.543. The van der Waals surface area contributed by atoms with Crippen molar-refractivity contribution in [1.29, 1.82) is 0 Å². The number of esters is 2. The molecule has 0 N–H and O–H groups in total. The van der Waals surface area contributed by atoms with Crippen LogP contribution in [0.25, 0.3) is 0 Å².